The van der Waals surface area contributed by atoms with Crippen LogP contribution in [0, 0.1) is 11.3 Å². The zero-order valence-electron chi connectivity index (χ0n) is 22.5. The Morgan fingerprint density at radius 1 is 0.735 bits per heavy atom. The third-order valence-electron chi connectivity index (χ3n) is 6.61. The first-order chi connectivity index (χ1) is 15.9. The number of hydrogen-bond donors (Lipinski definition) is 0. The molecular formula is C30H43O3P. The van der Waals surface area contributed by atoms with Gasteiger partial charge in [-0.2, -0.15) is 0 Å². The van der Waals surface area contributed by atoms with Crippen molar-refractivity contribution in [1.82, 2.24) is 0 Å². The Morgan fingerprint density at radius 2 is 1.06 bits per heavy atom. The highest BCUT2D eigenvalue weighted by molar-refractivity contribution is 7.95. The molecule has 0 aromatic heterocycles. The lowest BCUT2D eigenvalue weighted by molar-refractivity contribution is 0.103. The number of carbonyl (C=O) groups is 2. The summed E-state index contributed by atoms with van der Waals surface area (Å²) in [5.74, 6) is -0.0172. The van der Waals surface area contributed by atoms with Crippen LogP contribution in [0.3, 0.4) is 0 Å². The summed E-state index contributed by atoms with van der Waals surface area (Å²) >= 11 is 0. The molecule has 0 fully saturated rings. The second-order valence-electron chi connectivity index (χ2n) is 10.7. The van der Waals surface area contributed by atoms with E-state index in [1.165, 1.54) is 0 Å². The van der Waals surface area contributed by atoms with Gasteiger partial charge in [0.1, 0.15) is 0 Å². The van der Waals surface area contributed by atoms with E-state index in [1.807, 2.05) is 71.0 Å². The van der Waals surface area contributed by atoms with Gasteiger partial charge in [-0.1, -0.05) is 91.8 Å². The fraction of sp³-hybridized carbons (Fsp3) is 0.533. The SMILES string of the molecule is CCc1cccc(CC)c1C(=O)P(=O)(CC(C)CC(C)(C)C)C(=O)c1c(CC)cccc1CC. The Hall–Kier alpha value is -1.99. The predicted octanol–water partition coefficient (Wildman–Crippen LogP) is 8.35. The molecule has 34 heavy (non-hydrogen) atoms. The molecule has 0 heterocycles. The van der Waals surface area contributed by atoms with Crippen LogP contribution in [0.15, 0.2) is 36.4 Å². The molecule has 0 amide bonds. The molecule has 4 heteroatoms. The van der Waals surface area contributed by atoms with Gasteiger partial charge in [0.2, 0.25) is 18.2 Å². The first-order valence-electron chi connectivity index (χ1n) is 12.8. The van der Waals surface area contributed by atoms with Gasteiger partial charge in [0.05, 0.1) is 0 Å². The summed E-state index contributed by atoms with van der Waals surface area (Å²) < 4.78 is 14.9. The fourth-order valence-corrected chi connectivity index (χ4v) is 8.02. The highest BCUT2D eigenvalue weighted by Gasteiger charge is 2.44. The smallest absolute Gasteiger partial charge is 0.229 e. The molecule has 0 saturated heterocycles. The number of benzene rings is 2. The largest absolute Gasteiger partial charge is 0.307 e. The Bertz CT molecular complexity index is 959. The van der Waals surface area contributed by atoms with E-state index in [0.717, 1.165) is 28.7 Å². The fourth-order valence-electron chi connectivity index (χ4n) is 5.20. The van der Waals surface area contributed by atoms with Crippen molar-refractivity contribution in [2.45, 2.75) is 87.5 Å². The minimum Gasteiger partial charge on any atom is -0.307 e. The summed E-state index contributed by atoms with van der Waals surface area (Å²) in [6, 6.07) is 11.6. The quantitative estimate of drug-likeness (QED) is 0.302. The summed E-state index contributed by atoms with van der Waals surface area (Å²) in [5, 5.41) is 0. The van der Waals surface area contributed by atoms with Crippen LogP contribution in [0.1, 0.15) is 105 Å². The summed E-state index contributed by atoms with van der Waals surface area (Å²) in [6.45, 7) is 16.5. The van der Waals surface area contributed by atoms with E-state index < -0.39 is 18.2 Å². The van der Waals surface area contributed by atoms with E-state index in [1.54, 1.807) is 0 Å². The molecule has 0 aliphatic heterocycles. The third kappa shape index (κ3) is 6.16. The number of carbonyl (C=O) groups excluding carboxylic acids is 2. The van der Waals surface area contributed by atoms with Gasteiger partial charge < -0.3 is 4.57 Å². The van der Waals surface area contributed by atoms with Crippen molar-refractivity contribution >= 4 is 18.2 Å². The average molecular weight is 483 g/mol. The monoisotopic (exact) mass is 482 g/mol. The molecular weight excluding hydrogens is 439 g/mol. The van der Waals surface area contributed by atoms with Gasteiger partial charge >= 0.3 is 0 Å². The standard InChI is InChI=1S/C30H43O3P/c1-9-22-15-13-16-23(10-2)26(22)28(31)34(33,20-21(5)19-30(6,7)8)29(32)27-24(11-3)17-14-18-25(27)12-4/h13-18,21H,9-12,19-20H2,1-8H3. The van der Waals surface area contributed by atoms with Gasteiger partial charge in [-0.25, -0.2) is 0 Å². The zero-order valence-corrected chi connectivity index (χ0v) is 23.4. The molecule has 0 N–H and O–H groups in total. The maximum Gasteiger partial charge on any atom is 0.229 e. The molecule has 1 unspecified atom stereocenters. The van der Waals surface area contributed by atoms with Crippen LogP contribution < -0.4 is 0 Å². The summed E-state index contributed by atoms with van der Waals surface area (Å²) in [7, 11) is -3.93. The maximum absolute atomic E-state index is 14.9. The minimum atomic E-state index is -3.93. The first-order valence-corrected chi connectivity index (χ1v) is 14.7. The molecule has 2 rings (SSSR count). The van der Waals surface area contributed by atoms with E-state index in [-0.39, 0.29) is 17.5 Å². The Labute approximate surface area is 207 Å². The lowest BCUT2D eigenvalue weighted by Crippen LogP contribution is -2.23. The second kappa shape index (κ2) is 11.6. The van der Waals surface area contributed by atoms with E-state index >= 15 is 0 Å². The number of aryl methyl sites for hydroxylation is 4. The molecule has 3 nitrogen and oxygen atoms in total. The van der Waals surface area contributed by atoms with Gasteiger partial charge in [-0.3, -0.25) is 9.59 Å². The molecule has 0 saturated carbocycles. The lowest BCUT2D eigenvalue weighted by atomic mass is 9.86. The third-order valence-corrected chi connectivity index (χ3v) is 9.51. The van der Waals surface area contributed by atoms with Gasteiger partial charge in [0.25, 0.3) is 0 Å². The van der Waals surface area contributed by atoms with Gasteiger partial charge in [0.15, 0.2) is 0 Å². The highest BCUT2D eigenvalue weighted by Crippen LogP contribution is 2.55. The Morgan fingerprint density at radius 3 is 1.32 bits per heavy atom. The van der Waals surface area contributed by atoms with Crippen LogP contribution in [0.4, 0.5) is 0 Å². The highest BCUT2D eigenvalue weighted by atomic mass is 31.2. The Kier molecular flexibility index (Phi) is 9.66. The number of rotatable bonds is 11. The van der Waals surface area contributed by atoms with E-state index in [2.05, 4.69) is 20.8 Å². The average Bonchev–Trinajstić information content (AvgIpc) is 2.80. The predicted molar refractivity (Wildman–Crippen MR) is 145 cm³/mol. The van der Waals surface area contributed by atoms with Crippen molar-refractivity contribution in [2.24, 2.45) is 11.3 Å². The lowest BCUT2D eigenvalue weighted by Gasteiger charge is -2.27. The molecule has 0 aliphatic carbocycles. The van der Waals surface area contributed by atoms with Gasteiger partial charge in [-0.15, -0.1) is 0 Å². The molecule has 1 atom stereocenters. The van der Waals surface area contributed by atoms with Crippen molar-refractivity contribution in [2.75, 3.05) is 6.16 Å². The molecule has 0 bridgehead atoms. The molecule has 0 aliphatic rings. The van der Waals surface area contributed by atoms with Crippen molar-refractivity contribution < 1.29 is 14.2 Å². The second-order valence-corrected chi connectivity index (χ2v) is 13.4. The van der Waals surface area contributed by atoms with Crippen LogP contribution in [0.2, 0.25) is 0 Å². The van der Waals surface area contributed by atoms with E-state index in [4.69, 9.17) is 0 Å². The van der Waals surface area contributed by atoms with Crippen LogP contribution in [-0.4, -0.2) is 17.2 Å². The topological polar surface area (TPSA) is 51.2 Å². The van der Waals surface area contributed by atoms with Crippen LogP contribution >= 0.6 is 7.14 Å². The molecule has 2 aromatic rings. The first kappa shape index (κ1) is 28.2. The summed E-state index contributed by atoms with van der Waals surface area (Å²) in [5.41, 5.74) is 3.66. The number of hydrogen-bond acceptors (Lipinski definition) is 3. The van der Waals surface area contributed by atoms with Crippen molar-refractivity contribution in [3.63, 3.8) is 0 Å². The van der Waals surface area contributed by atoms with Crippen LogP contribution in [-0.2, 0) is 30.2 Å². The Balaban J connectivity index is 2.77. The van der Waals surface area contributed by atoms with Crippen molar-refractivity contribution in [3.8, 4) is 0 Å². The van der Waals surface area contributed by atoms with Crippen LogP contribution in [0.5, 0.6) is 0 Å². The minimum absolute atomic E-state index is 0.0160. The molecule has 0 spiro atoms. The summed E-state index contributed by atoms with van der Waals surface area (Å²) in [6.07, 6.45) is 3.55. The van der Waals surface area contributed by atoms with E-state index in [9.17, 15) is 14.2 Å². The van der Waals surface area contributed by atoms with E-state index in [0.29, 0.717) is 36.8 Å². The summed E-state index contributed by atoms with van der Waals surface area (Å²) in [4.78, 5) is 28.5. The molecule has 2 aromatic carbocycles. The molecule has 186 valence electrons. The van der Waals surface area contributed by atoms with Crippen molar-refractivity contribution in [3.05, 3.63) is 69.8 Å². The van der Waals surface area contributed by atoms with Gasteiger partial charge in [-0.05, 0) is 65.7 Å². The normalized spacial score (nSPS) is 13.1. The zero-order chi connectivity index (χ0) is 25.7. The van der Waals surface area contributed by atoms with Gasteiger partial charge in [0, 0.05) is 17.3 Å². The molecule has 0 radical (unpaired) electrons. The van der Waals surface area contributed by atoms with Crippen LogP contribution in [0.25, 0.3) is 0 Å². The maximum atomic E-state index is 14.9. The van der Waals surface area contributed by atoms with Crippen molar-refractivity contribution in [1.29, 1.82) is 0 Å².